The van der Waals surface area contributed by atoms with Gasteiger partial charge >= 0.3 is 0 Å². The number of nitrogens with one attached hydrogen (secondary N) is 1. The minimum absolute atomic E-state index is 0.0341. The first-order valence-electron chi connectivity index (χ1n) is 8.45. The van der Waals surface area contributed by atoms with Gasteiger partial charge < -0.3 is 5.32 Å². The van der Waals surface area contributed by atoms with Crippen molar-refractivity contribution in [3.05, 3.63) is 48.5 Å². The zero-order chi connectivity index (χ0) is 18.9. The second-order valence-electron chi connectivity index (χ2n) is 6.27. The number of anilines is 3. The molecule has 0 aliphatic carbocycles. The minimum Gasteiger partial charge on any atom is -0.326 e. The van der Waals surface area contributed by atoms with E-state index in [9.17, 15) is 13.2 Å². The van der Waals surface area contributed by atoms with Gasteiger partial charge in [0.1, 0.15) is 10.7 Å². The Morgan fingerprint density at radius 3 is 2.50 bits per heavy atom. The minimum atomic E-state index is -3.85. The topological polar surface area (TPSA) is 78.8 Å². The summed E-state index contributed by atoms with van der Waals surface area (Å²) < 4.78 is 29.7. The predicted octanol–water partition coefficient (Wildman–Crippen LogP) is 3.93. The molecule has 0 radical (unpaired) electrons. The summed E-state index contributed by atoms with van der Waals surface area (Å²) in [6, 6.07) is 14.4. The normalized spacial score (nSPS) is 16.4. The third-order valence-corrected chi connectivity index (χ3v) is 5.62. The van der Waals surface area contributed by atoms with Crippen LogP contribution in [-0.4, -0.2) is 20.2 Å². The summed E-state index contributed by atoms with van der Waals surface area (Å²) >= 11 is 0. The standard InChI is InChI=1S/C19H21N3O3S/c1-4-13(2)19-21-26(24,25)18-12-15(20-14(3)23)10-11-17(18)22(19)16-8-6-5-7-9-16/h5-13H,4H2,1-3H3,(H,20,23). The van der Waals surface area contributed by atoms with Crippen LogP contribution in [0.3, 0.4) is 0 Å². The SMILES string of the molecule is CCC(C)C1=NS(=O)(=O)c2cc(NC(C)=O)ccc2N1c1ccccc1. The van der Waals surface area contributed by atoms with Crippen molar-refractivity contribution in [3.63, 3.8) is 0 Å². The monoisotopic (exact) mass is 371 g/mol. The van der Waals surface area contributed by atoms with Gasteiger partial charge in [0.05, 0.1) is 5.69 Å². The second kappa shape index (κ2) is 6.92. The maximum Gasteiger partial charge on any atom is 0.286 e. The van der Waals surface area contributed by atoms with Gasteiger partial charge in [-0.2, -0.15) is 8.42 Å². The van der Waals surface area contributed by atoms with Gasteiger partial charge in [0.25, 0.3) is 10.0 Å². The molecule has 1 N–H and O–H groups in total. The molecule has 1 amide bonds. The summed E-state index contributed by atoms with van der Waals surface area (Å²) in [6.07, 6.45) is 0.761. The Kier molecular flexibility index (Phi) is 4.82. The Morgan fingerprint density at radius 2 is 1.88 bits per heavy atom. The molecule has 0 spiro atoms. The van der Waals surface area contributed by atoms with E-state index in [0.29, 0.717) is 17.2 Å². The number of para-hydroxylation sites is 1. The van der Waals surface area contributed by atoms with Crippen molar-refractivity contribution in [1.29, 1.82) is 0 Å². The van der Waals surface area contributed by atoms with Crippen molar-refractivity contribution in [1.82, 2.24) is 0 Å². The molecule has 0 aromatic heterocycles. The Balaban J connectivity index is 2.23. The lowest BCUT2D eigenvalue weighted by Gasteiger charge is -2.33. The Hall–Kier alpha value is -2.67. The van der Waals surface area contributed by atoms with E-state index in [1.165, 1.54) is 13.0 Å². The van der Waals surface area contributed by atoms with Gasteiger partial charge in [-0.1, -0.05) is 32.0 Å². The van der Waals surface area contributed by atoms with Gasteiger partial charge in [-0.3, -0.25) is 9.69 Å². The summed E-state index contributed by atoms with van der Waals surface area (Å²) in [7, 11) is -3.85. The molecule has 136 valence electrons. The van der Waals surface area contributed by atoms with Crippen LogP contribution in [0.15, 0.2) is 57.8 Å². The molecule has 1 aliphatic heterocycles. The van der Waals surface area contributed by atoms with Crippen LogP contribution in [0, 0.1) is 5.92 Å². The highest BCUT2D eigenvalue weighted by Crippen LogP contribution is 2.39. The van der Waals surface area contributed by atoms with E-state index in [0.717, 1.165) is 12.1 Å². The lowest BCUT2D eigenvalue weighted by molar-refractivity contribution is -0.114. The summed E-state index contributed by atoms with van der Waals surface area (Å²) in [5.41, 5.74) is 1.81. The molecular weight excluding hydrogens is 350 g/mol. The van der Waals surface area contributed by atoms with Crippen molar-refractivity contribution in [2.75, 3.05) is 10.2 Å². The van der Waals surface area contributed by atoms with Crippen LogP contribution >= 0.6 is 0 Å². The fourth-order valence-corrected chi connectivity index (χ4v) is 4.17. The van der Waals surface area contributed by atoms with E-state index < -0.39 is 10.0 Å². The molecule has 1 aliphatic rings. The molecule has 1 unspecified atom stereocenters. The molecule has 2 aromatic rings. The van der Waals surface area contributed by atoms with E-state index >= 15 is 0 Å². The van der Waals surface area contributed by atoms with Crippen LogP contribution in [0.25, 0.3) is 0 Å². The maximum absolute atomic E-state index is 12.8. The van der Waals surface area contributed by atoms with Crippen LogP contribution in [0.5, 0.6) is 0 Å². The molecule has 2 aromatic carbocycles. The van der Waals surface area contributed by atoms with Crippen LogP contribution < -0.4 is 10.2 Å². The summed E-state index contributed by atoms with van der Waals surface area (Å²) in [5.74, 6) is 0.202. The first-order chi connectivity index (χ1) is 12.3. The summed E-state index contributed by atoms with van der Waals surface area (Å²) in [5, 5.41) is 2.62. The number of amidine groups is 1. The molecule has 0 saturated heterocycles. The predicted molar refractivity (Wildman–Crippen MR) is 103 cm³/mol. The van der Waals surface area contributed by atoms with E-state index in [1.54, 1.807) is 12.1 Å². The quantitative estimate of drug-likeness (QED) is 0.883. The number of sulfonamides is 1. The van der Waals surface area contributed by atoms with Crippen molar-refractivity contribution >= 4 is 38.8 Å². The number of carbonyl (C=O) groups excluding carboxylic acids is 1. The molecule has 3 rings (SSSR count). The number of fused-ring (bicyclic) bond motifs is 1. The van der Waals surface area contributed by atoms with Gasteiger partial charge in [0, 0.05) is 24.2 Å². The maximum atomic E-state index is 12.8. The van der Waals surface area contributed by atoms with Crippen molar-refractivity contribution in [3.8, 4) is 0 Å². The Morgan fingerprint density at radius 1 is 1.19 bits per heavy atom. The van der Waals surface area contributed by atoms with Gasteiger partial charge in [-0.05, 0) is 36.8 Å². The largest absolute Gasteiger partial charge is 0.326 e. The summed E-state index contributed by atoms with van der Waals surface area (Å²) in [4.78, 5) is 13.3. The molecule has 1 atom stereocenters. The van der Waals surface area contributed by atoms with Gasteiger partial charge in [-0.15, -0.1) is 4.40 Å². The van der Waals surface area contributed by atoms with Crippen molar-refractivity contribution < 1.29 is 13.2 Å². The smallest absolute Gasteiger partial charge is 0.286 e. The van der Waals surface area contributed by atoms with Crippen LogP contribution in [0.1, 0.15) is 27.2 Å². The average Bonchev–Trinajstić information content (AvgIpc) is 2.61. The fraction of sp³-hybridized carbons (Fsp3) is 0.263. The number of benzene rings is 2. The molecule has 0 fully saturated rings. The average molecular weight is 371 g/mol. The highest BCUT2D eigenvalue weighted by molar-refractivity contribution is 7.90. The molecule has 1 heterocycles. The zero-order valence-corrected chi connectivity index (χ0v) is 15.7. The lowest BCUT2D eigenvalue weighted by atomic mass is 10.1. The molecule has 6 nitrogen and oxygen atoms in total. The van der Waals surface area contributed by atoms with Gasteiger partial charge in [0.15, 0.2) is 0 Å². The second-order valence-corrected chi connectivity index (χ2v) is 7.84. The van der Waals surface area contributed by atoms with Crippen LogP contribution in [0.4, 0.5) is 17.1 Å². The van der Waals surface area contributed by atoms with Gasteiger partial charge in [-0.25, -0.2) is 0 Å². The van der Waals surface area contributed by atoms with Crippen LogP contribution in [0.2, 0.25) is 0 Å². The Labute approximate surface area is 153 Å². The van der Waals surface area contributed by atoms with E-state index in [1.807, 2.05) is 49.1 Å². The highest BCUT2D eigenvalue weighted by atomic mass is 32.2. The van der Waals surface area contributed by atoms with E-state index in [-0.39, 0.29) is 16.7 Å². The number of hydrogen-bond acceptors (Lipinski definition) is 4. The third kappa shape index (κ3) is 3.35. The Bertz CT molecular complexity index is 969. The molecule has 0 saturated carbocycles. The molecular formula is C19H21N3O3S. The number of carbonyl (C=O) groups is 1. The highest BCUT2D eigenvalue weighted by Gasteiger charge is 2.34. The third-order valence-electron chi connectivity index (χ3n) is 4.31. The lowest BCUT2D eigenvalue weighted by Crippen LogP contribution is -2.36. The van der Waals surface area contributed by atoms with Crippen molar-refractivity contribution in [2.24, 2.45) is 10.3 Å². The number of amides is 1. The first kappa shape index (κ1) is 18.1. The van der Waals surface area contributed by atoms with Gasteiger partial charge in [0.2, 0.25) is 5.91 Å². The summed E-state index contributed by atoms with van der Waals surface area (Å²) in [6.45, 7) is 5.34. The number of hydrogen-bond donors (Lipinski definition) is 1. The molecule has 0 bridgehead atoms. The zero-order valence-electron chi connectivity index (χ0n) is 14.9. The molecule has 26 heavy (non-hydrogen) atoms. The first-order valence-corrected chi connectivity index (χ1v) is 9.89. The van der Waals surface area contributed by atoms with E-state index in [2.05, 4.69) is 9.71 Å². The van der Waals surface area contributed by atoms with Crippen molar-refractivity contribution in [2.45, 2.75) is 32.1 Å². The number of rotatable bonds is 4. The number of nitrogens with zero attached hydrogens (tertiary/aromatic N) is 2. The molecule has 7 heteroatoms. The van der Waals surface area contributed by atoms with E-state index in [4.69, 9.17) is 0 Å². The van der Waals surface area contributed by atoms with Crippen LogP contribution in [-0.2, 0) is 14.8 Å². The fourth-order valence-electron chi connectivity index (χ4n) is 2.86.